The summed E-state index contributed by atoms with van der Waals surface area (Å²) in [5.41, 5.74) is 21.0. The number of primary amides is 1. The fourth-order valence-corrected chi connectivity index (χ4v) is 2.66. The average molecular weight is 493 g/mol. The number of nitrogens with zero attached hydrogens (tertiary/aromatic N) is 1. The summed E-state index contributed by atoms with van der Waals surface area (Å²) in [6.07, 6.45) is 0.0663. The normalized spacial score (nSPS) is 14.2. The van der Waals surface area contributed by atoms with Crippen LogP contribution in [0.2, 0.25) is 0 Å². The molecule has 0 aromatic carbocycles. The van der Waals surface area contributed by atoms with Crippen LogP contribution in [0.15, 0.2) is 4.99 Å². The van der Waals surface area contributed by atoms with Crippen molar-refractivity contribution in [1.29, 1.82) is 0 Å². The third-order valence-electron chi connectivity index (χ3n) is 4.23. The van der Waals surface area contributed by atoms with Crippen LogP contribution >= 0.6 is 12.6 Å². The molecule has 4 atom stereocenters. The summed E-state index contributed by atoms with van der Waals surface area (Å²) < 4.78 is 0. The second-order valence-electron chi connectivity index (χ2n) is 6.95. The molecule has 0 aromatic heterocycles. The second kappa shape index (κ2) is 15.7. The third kappa shape index (κ3) is 12.5. The highest BCUT2D eigenvalue weighted by Crippen LogP contribution is 2.01. The molecule has 0 bridgehead atoms. The van der Waals surface area contributed by atoms with Gasteiger partial charge in [-0.2, -0.15) is 12.6 Å². The highest BCUT2D eigenvalue weighted by Gasteiger charge is 2.29. The maximum atomic E-state index is 12.4. The Morgan fingerprint density at radius 2 is 1.42 bits per heavy atom. The van der Waals surface area contributed by atoms with Crippen LogP contribution in [0.3, 0.4) is 0 Å². The number of carboxylic acids is 1. The monoisotopic (exact) mass is 492 g/mol. The Morgan fingerprint density at radius 1 is 0.879 bits per heavy atom. The van der Waals surface area contributed by atoms with Crippen molar-refractivity contribution in [1.82, 2.24) is 16.0 Å². The summed E-state index contributed by atoms with van der Waals surface area (Å²) in [6, 6.07) is -5.15. The number of carboxylic acid groups (broad SMARTS) is 1. The number of aliphatic imine (C=N–C) groups is 1. The summed E-state index contributed by atoms with van der Waals surface area (Å²) in [5, 5.41) is 25.5. The van der Waals surface area contributed by atoms with Crippen LogP contribution in [-0.4, -0.2) is 88.8 Å². The largest absolute Gasteiger partial charge is 0.480 e. The van der Waals surface area contributed by atoms with Gasteiger partial charge in [-0.25, -0.2) is 4.79 Å². The summed E-state index contributed by atoms with van der Waals surface area (Å²) in [6.45, 7) is -0.698. The Hall–Kier alpha value is -3.11. The number of aliphatic hydroxyl groups is 1. The van der Waals surface area contributed by atoms with E-state index in [1.54, 1.807) is 0 Å². The van der Waals surface area contributed by atoms with E-state index in [1.807, 2.05) is 0 Å². The number of aliphatic carboxylic acids is 1. The number of hydrogen-bond donors (Lipinski definition) is 10. The SMILES string of the molecule is NC(=O)CCC(N)C(=O)NC(CS)C(=O)NC(CO)C(=O)NC(CCCN=C(N)N)C(=O)O. The highest BCUT2D eigenvalue weighted by molar-refractivity contribution is 7.80. The minimum atomic E-state index is -1.50. The first-order valence-electron chi connectivity index (χ1n) is 9.87. The molecular formula is C17H32N8O7S. The van der Waals surface area contributed by atoms with Gasteiger partial charge in [0.15, 0.2) is 5.96 Å². The topological polar surface area (TPSA) is 278 Å². The van der Waals surface area contributed by atoms with E-state index >= 15 is 0 Å². The molecule has 0 saturated carbocycles. The van der Waals surface area contributed by atoms with Crippen molar-refractivity contribution >= 4 is 48.2 Å². The predicted octanol–water partition coefficient (Wildman–Crippen LogP) is -4.91. The third-order valence-corrected chi connectivity index (χ3v) is 4.59. The molecule has 0 aliphatic heterocycles. The van der Waals surface area contributed by atoms with E-state index in [0.717, 1.165) is 0 Å². The van der Waals surface area contributed by atoms with Crippen LogP contribution in [0, 0.1) is 0 Å². The van der Waals surface area contributed by atoms with Gasteiger partial charge in [-0.05, 0) is 19.3 Å². The van der Waals surface area contributed by atoms with E-state index in [4.69, 9.17) is 22.9 Å². The number of guanidine groups is 1. The van der Waals surface area contributed by atoms with Crippen LogP contribution in [0.4, 0.5) is 0 Å². The van der Waals surface area contributed by atoms with E-state index in [-0.39, 0.29) is 43.9 Å². The number of carbonyl (C=O) groups excluding carboxylic acids is 4. The number of rotatable bonds is 16. The average Bonchev–Trinajstić information content (AvgIpc) is 2.74. The lowest BCUT2D eigenvalue weighted by molar-refractivity contribution is -0.142. The quantitative estimate of drug-likeness (QED) is 0.0424. The molecular weight excluding hydrogens is 460 g/mol. The molecule has 13 N–H and O–H groups in total. The van der Waals surface area contributed by atoms with Crippen molar-refractivity contribution in [2.45, 2.75) is 49.9 Å². The predicted molar refractivity (Wildman–Crippen MR) is 121 cm³/mol. The Labute approximate surface area is 195 Å². The fourth-order valence-electron chi connectivity index (χ4n) is 2.40. The van der Waals surface area contributed by atoms with Crippen molar-refractivity contribution in [3.8, 4) is 0 Å². The van der Waals surface area contributed by atoms with Crippen molar-refractivity contribution in [3.05, 3.63) is 0 Å². The molecule has 33 heavy (non-hydrogen) atoms. The van der Waals surface area contributed by atoms with Gasteiger partial charge < -0.3 is 49.1 Å². The summed E-state index contributed by atoms with van der Waals surface area (Å²) >= 11 is 3.97. The molecule has 15 nitrogen and oxygen atoms in total. The molecule has 188 valence electrons. The standard InChI is InChI=1S/C17H32N8O7S/c18-8(3-4-12(19)27)13(28)25-11(7-33)15(30)24-10(6-26)14(29)23-9(16(31)32)2-1-5-22-17(20)21/h8-11,26,33H,1-7,18H2,(H2,19,27)(H,23,29)(H,24,30)(H,25,28)(H,31,32)(H4,20,21,22). The first-order valence-corrected chi connectivity index (χ1v) is 10.5. The number of aliphatic hydroxyl groups excluding tert-OH is 1. The molecule has 16 heteroatoms. The first-order chi connectivity index (χ1) is 15.4. The van der Waals surface area contributed by atoms with Gasteiger partial charge in [-0.1, -0.05) is 0 Å². The maximum absolute atomic E-state index is 12.4. The lowest BCUT2D eigenvalue weighted by Gasteiger charge is -2.23. The van der Waals surface area contributed by atoms with E-state index in [2.05, 4.69) is 33.6 Å². The molecule has 4 amide bonds. The van der Waals surface area contributed by atoms with Crippen LogP contribution in [-0.2, 0) is 24.0 Å². The van der Waals surface area contributed by atoms with Crippen LogP contribution in [0.1, 0.15) is 25.7 Å². The van der Waals surface area contributed by atoms with Gasteiger partial charge in [0.1, 0.15) is 18.1 Å². The summed E-state index contributed by atoms with van der Waals surface area (Å²) in [4.78, 5) is 62.8. The number of nitrogens with two attached hydrogens (primary N) is 4. The van der Waals surface area contributed by atoms with Gasteiger partial charge in [0.05, 0.1) is 12.6 Å². The van der Waals surface area contributed by atoms with Crippen LogP contribution in [0.5, 0.6) is 0 Å². The minimum absolute atomic E-state index is 0.0114. The lowest BCUT2D eigenvalue weighted by atomic mass is 10.1. The van der Waals surface area contributed by atoms with Gasteiger partial charge in [0, 0.05) is 18.7 Å². The molecule has 0 fully saturated rings. The van der Waals surface area contributed by atoms with Crippen LogP contribution in [0.25, 0.3) is 0 Å². The molecule has 0 saturated heterocycles. The second-order valence-corrected chi connectivity index (χ2v) is 7.31. The molecule has 0 aliphatic rings. The smallest absolute Gasteiger partial charge is 0.326 e. The van der Waals surface area contributed by atoms with Crippen molar-refractivity contribution in [2.75, 3.05) is 18.9 Å². The van der Waals surface area contributed by atoms with Crippen molar-refractivity contribution in [2.24, 2.45) is 27.9 Å². The van der Waals surface area contributed by atoms with Gasteiger partial charge in [-0.15, -0.1) is 0 Å². The molecule has 0 aliphatic carbocycles. The highest BCUT2D eigenvalue weighted by atomic mass is 32.1. The minimum Gasteiger partial charge on any atom is -0.480 e. The summed E-state index contributed by atoms with van der Waals surface area (Å²) in [7, 11) is 0. The Kier molecular flexibility index (Phi) is 14.2. The molecule has 0 rings (SSSR count). The Bertz CT molecular complexity index is 732. The lowest BCUT2D eigenvalue weighted by Crippen LogP contribution is -2.58. The molecule has 0 radical (unpaired) electrons. The van der Waals surface area contributed by atoms with Gasteiger partial charge >= 0.3 is 5.97 Å². The number of thiol groups is 1. The fraction of sp³-hybridized carbons (Fsp3) is 0.647. The Balaban J connectivity index is 4.94. The van der Waals surface area contributed by atoms with Gasteiger partial charge in [-0.3, -0.25) is 24.2 Å². The number of carbonyl (C=O) groups is 5. The maximum Gasteiger partial charge on any atom is 0.326 e. The zero-order chi connectivity index (χ0) is 25.6. The Morgan fingerprint density at radius 3 is 1.91 bits per heavy atom. The van der Waals surface area contributed by atoms with Crippen molar-refractivity contribution < 1.29 is 34.2 Å². The van der Waals surface area contributed by atoms with E-state index in [0.29, 0.717) is 0 Å². The molecule has 4 unspecified atom stereocenters. The van der Waals surface area contributed by atoms with E-state index < -0.39 is 60.4 Å². The van der Waals surface area contributed by atoms with Gasteiger partial charge in [0.2, 0.25) is 23.6 Å². The zero-order valence-electron chi connectivity index (χ0n) is 17.9. The molecule has 0 spiro atoms. The van der Waals surface area contributed by atoms with Crippen LogP contribution < -0.4 is 38.9 Å². The number of amides is 4. The molecule has 0 heterocycles. The number of hydrogen-bond acceptors (Lipinski definition) is 9. The van der Waals surface area contributed by atoms with E-state index in [9.17, 15) is 34.2 Å². The van der Waals surface area contributed by atoms with Gasteiger partial charge in [0.25, 0.3) is 0 Å². The zero-order valence-corrected chi connectivity index (χ0v) is 18.8. The molecule has 0 aromatic rings. The van der Waals surface area contributed by atoms with Crippen molar-refractivity contribution in [3.63, 3.8) is 0 Å². The number of nitrogens with one attached hydrogen (secondary N) is 3. The first kappa shape index (κ1) is 29.9. The van der Waals surface area contributed by atoms with E-state index in [1.165, 1.54) is 0 Å². The summed E-state index contributed by atoms with van der Waals surface area (Å²) in [5.74, 6) is -4.88.